The molecule has 2 nitrogen and oxygen atoms in total. The Morgan fingerprint density at radius 1 is 1.31 bits per heavy atom. The van der Waals surface area contributed by atoms with Gasteiger partial charge in [-0.15, -0.1) is 0 Å². The molecule has 0 radical (unpaired) electrons. The highest BCUT2D eigenvalue weighted by atomic mass is 32.1. The van der Waals surface area contributed by atoms with E-state index in [9.17, 15) is 0 Å². The lowest BCUT2D eigenvalue weighted by Crippen LogP contribution is -1.96. The molecule has 1 rings (SSSR count). The zero-order chi connectivity index (χ0) is 9.52. The van der Waals surface area contributed by atoms with Crippen molar-refractivity contribution < 1.29 is 0 Å². The highest BCUT2D eigenvalue weighted by Crippen LogP contribution is 2.11. The van der Waals surface area contributed by atoms with Crippen molar-refractivity contribution >= 4 is 18.3 Å². The average molecular weight is 194 g/mol. The summed E-state index contributed by atoms with van der Waals surface area (Å²) in [5, 5.41) is 8.28. The molecule has 3 heteroatoms. The molecule has 0 fully saturated rings. The first-order valence-electron chi connectivity index (χ1n) is 4.39. The highest BCUT2D eigenvalue weighted by Gasteiger charge is 1.95. The Balaban J connectivity index is 2.49. The number of azo groups is 1. The van der Waals surface area contributed by atoms with Crippen LogP contribution in [0, 0.1) is 0 Å². The largest absolute Gasteiger partial charge is 0.186 e. The van der Waals surface area contributed by atoms with Crippen LogP contribution in [0.3, 0.4) is 0 Å². The van der Waals surface area contributed by atoms with Crippen LogP contribution in [-0.2, 0) is 0 Å². The van der Waals surface area contributed by atoms with Gasteiger partial charge in [0.1, 0.15) is 0 Å². The van der Waals surface area contributed by atoms with Gasteiger partial charge in [0.25, 0.3) is 0 Å². The van der Waals surface area contributed by atoms with Crippen molar-refractivity contribution in [2.45, 2.75) is 19.4 Å². The maximum absolute atomic E-state index is 4.16. The minimum absolute atomic E-state index is 0.262. The summed E-state index contributed by atoms with van der Waals surface area (Å²) in [5.41, 5.74) is 0.911. The van der Waals surface area contributed by atoms with Crippen LogP contribution >= 0.6 is 12.6 Å². The number of hydrogen-bond donors (Lipinski definition) is 1. The molecule has 0 heterocycles. The second kappa shape index (κ2) is 5.75. The van der Waals surface area contributed by atoms with Gasteiger partial charge in [-0.1, -0.05) is 18.2 Å². The maximum atomic E-state index is 4.16. The van der Waals surface area contributed by atoms with Crippen molar-refractivity contribution in [2.24, 2.45) is 10.2 Å². The number of benzene rings is 1. The molecule has 0 saturated heterocycles. The zero-order valence-electron chi connectivity index (χ0n) is 7.72. The normalized spacial score (nSPS) is 13.4. The summed E-state index contributed by atoms with van der Waals surface area (Å²) in [5.74, 6) is 0.856. The van der Waals surface area contributed by atoms with Crippen LogP contribution in [0.25, 0.3) is 0 Å². The molecule has 0 aliphatic heterocycles. The minimum atomic E-state index is 0.262. The fraction of sp³-hybridized carbons (Fsp3) is 0.400. The number of thiol groups is 1. The van der Waals surface area contributed by atoms with E-state index in [-0.39, 0.29) is 6.04 Å². The fourth-order valence-corrected chi connectivity index (χ4v) is 1.28. The molecule has 1 atom stereocenters. The number of hydrogen-bond acceptors (Lipinski definition) is 3. The van der Waals surface area contributed by atoms with Gasteiger partial charge in [0, 0.05) is 0 Å². The Morgan fingerprint density at radius 2 is 2.00 bits per heavy atom. The van der Waals surface area contributed by atoms with Crippen LogP contribution in [-0.4, -0.2) is 11.8 Å². The minimum Gasteiger partial charge on any atom is -0.186 e. The summed E-state index contributed by atoms with van der Waals surface area (Å²) in [7, 11) is 0. The van der Waals surface area contributed by atoms with Crippen molar-refractivity contribution in [2.75, 3.05) is 5.75 Å². The first-order chi connectivity index (χ1) is 6.33. The molecular formula is C10H14N2S. The lowest BCUT2D eigenvalue weighted by atomic mass is 10.3. The first-order valence-corrected chi connectivity index (χ1v) is 5.03. The van der Waals surface area contributed by atoms with Gasteiger partial charge in [-0.2, -0.15) is 22.9 Å². The van der Waals surface area contributed by atoms with Crippen LogP contribution in [0.2, 0.25) is 0 Å². The second-order valence-corrected chi connectivity index (χ2v) is 3.36. The predicted octanol–water partition coefficient (Wildman–Crippen LogP) is 3.48. The molecule has 0 spiro atoms. The van der Waals surface area contributed by atoms with E-state index in [2.05, 4.69) is 22.9 Å². The standard InChI is InChI=1S/C10H14N2S/c1-9(7-8-13)11-12-10-5-3-2-4-6-10/h2-6,9,13H,7-8H2,1H3. The van der Waals surface area contributed by atoms with Crippen molar-refractivity contribution in [3.63, 3.8) is 0 Å². The highest BCUT2D eigenvalue weighted by molar-refractivity contribution is 7.80. The summed E-state index contributed by atoms with van der Waals surface area (Å²) >= 11 is 4.14. The van der Waals surface area contributed by atoms with Gasteiger partial charge in [0.15, 0.2) is 0 Å². The molecule has 70 valence electrons. The van der Waals surface area contributed by atoms with E-state index >= 15 is 0 Å². The van der Waals surface area contributed by atoms with E-state index in [4.69, 9.17) is 0 Å². The molecule has 0 N–H and O–H groups in total. The molecule has 0 amide bonds. The van der Waals surface area contributed by atoms with E-state index in [0.29, 0.717) is 0 Å². The number of nitrogens with zero attached hydrogens (tertiary/aromatic N) is 2. The van der Waals surface area contributed by atoms with Gasteiger partial charge < -0.3 is 0 Å². The molecule has 13 heavy (non-hydrogen) atoms. The average Bonchev–Trinajstić information content (AvgIpc) is 2.17. The molecule has 0 aliphatic rings. The van der Waals surface area contributed by atoms with Crippen LogP contribution in [0.1, 0.15) is 13.3 Å². The summed E-state index contributed by atoms with van der Waals surface area (Å²) in [6.45, 7) is 2.04. The van der Waals surface area contributed by atoms with Gasteiger partial charge in [-0.05, 0) is 31.2 Å². The smallest absolute Gasteiger partial charge is 0.0852 e. The molecule has 0 bridgehead atoms. The quantitative estimate of drug-likeness (QED) is 0.560. The fourth-order valence-electron chi connectivity index (χ4n) is 0.904. The summed E-state index contributed by atoms with van der Waals surface area (Å²) in [6.07, 6.45) is 0.972. The first kappa shape index (κ1) is 10.3. The summed E-state index contributed by atoms with van der Waals surface area (Å²) in [4.78, 5) is 0. The predicted molar refractivity (Wildman–Crippen MR) is 58.9 cm³/mol. The van der Waals surface area contributed by atoms with E-state index in [1.165, 1.54) is 0 Å². The van der Waals surface area contributed by atoms with Gasteiger partial charge in [-0.25, -0.2) is 0 Å². The van der Waals surface area contributed by atoms with Crippen molar-refractivity contribution in [1.82, 2.24) is 0 Å². The molecule has 0 aromatic heterocycles. The second-order valence-electron chi connectivity index (χ2n) is 2.91. The van der Waals surface area contributed by atoms with Crippen LogP contribution in [0.5, 0.6) is 0 Å². The molecular weight excluding hydrogens is 180 g/mol. The Labute approximate surface area is 84.5 Å². The van der Waals surface area contributed by atoms with Crippen LogP contribution in [0.15, 0.2) is 40.6 Å². The van der Waals surface area contributed by atoms with Crippen molar-refractivity contribution in [3.05, 3.63) is 30.3 Å². The Kier molecular flexibility index (Phi) is 4.54. The van der Waals surface area contributed by atoms with Gasteiger partial charge in [0.2, 0.25) is 0 Å². The Bertz CT molecular complexity index is 259. The number of rotatable bonds is 4. The third-order valence-electron chi connectivity index (χ3n) is 1.67. The third-order valence-corrected chi connectivity index (χ3v) is 1.93. The van der Waals surface area contributed by atoms with Gasteiger partial charge in [-0.3, -0.25) is 0 Å². The molecule has 1 aromatic rings. The van der Waals surface area contributed by atoms with E-state index in [1.54, 1.807) is 0 Å². The molecule has 0 saturated carbocycles. The third kappa shape index (κ3) is 4.08. The van der Waals surface area contributed by atoms with E-state index in [1.807, 2.05) is 37.3 Å². The van der Waals surface area contributed by atoms with Crippen molar-refractivity contribution in [1.29, 1.82) is 0 Å². The molecule has 1 aromatic carbocycles. The Hall–Kier alpha value is -0.830. The Morgan fingerprint density at radius 3 is 2.62 bits per heavy atom. The van der Waals surface area contributed by atoms with E-state index < -0.39 is 0 Å². The molecule has 0 aliphatic carbocycles. The van der Waals surface area contributed by atoms with E-state index in [0.717, 1.165) is 17.9 Å². The van der Waals surface area contributed by atoms with Crippen LogP contribution < -0.4 is 0 Å². The topological polar surface area (TPSA) is 24.7 Å². The molecule has 1 unspecified atom stereocenters. The van der Waals surface area contributed by atoms with Crippen LogP contribution in [0.4, 0.5) is 5.69 Å². The van der Waals surface area contributed by atoms with Gasteiger partial charge >= 0.3 is 0 Å². The van der Waals surface area contributed by atoms with Crippen molar-refractivity contribution in [3.8, 4) is 0 Å². The lowest BCUT2D eigenvalue weighted by molar-refractivity contribution is 0.687. The lowest BCUT2D eigenvalue weighted by Gasteiger charge is -1.99. The monoisotopic (exact) mass is 194 g/mol. The van der Waals surface area contributed by atoms with Gasteiger partial charge in [0.05, 0.1) is 11.7 Å². The maximum Gasteiger partial charge on any atom is 0.0852 e. The zero-order valence-corrected chi connectivity index (χ0v) is 8.61. The SMILES string of the molecule is CC(CCS)N=Nc1ccccc1. The summed E-state index contributed by atoms with van der Waals surface area (Å²) in [6, 6.07) is 10.0. The summed E-state index contributed by atoms with van der Waals surface area (Å²) < 4.78 is 0.